The van der Waals surface area contributed by atoms with Crippen LogP contribution in [-0.2, 0) is 33.3 Å². The van der Waals surface area contributed by atoms with Crippen molar-refractivity contribution in [2.24, 2.45) is 0 Å². The first-order valence-electron chi connectivity index (χ1n) is 12.3. The van der Waals surface area contributed by atoms with Crippen LogP contribution in [0.2, 0.25) is 0 Å². The van der Waals surface area contributed by atoms with Crippen molar-refractivity contribution in [3.05, 3.63) is 0 Å². The number of hydroxylamine groups is 2. The van der Waals surface area contributed by atoms with Crippen LogP contribution in [0.5, 0.6) is 0 Å². The Labute approximate surface area is 202 Å². The van der Waals surface area contributed by atoms with Crippen molar-refractivity contribution < 1.29 is 38.1 Å². The maximum Gasteiger partial charge on any atom is 0.408 e. The van der Waals surface area contributed by atoms with E-state index in [0.717, 1.165) is 19.3 Å². The highest BCUT2D eigenvalue weighted by molar-refractivity contribution is 5.85. The van der Waals surface area contributed by atoms with Gasteiger partial charge in [-0.25, -0.2) is 9.86 Å². The molecule has 2 aliphatic heterocycles. The highest BCUT2D eigenvalue weighted by atomic mass is 16.8. The van der Waals surface area contributed by atoms with Gasteiger partial charge >= 0.3 is 6.09 Å². The molecule has 10 heteroatoms. The fourth-order valence-electron chi connectivity index (χ4n) is 4.65. The zero-order chi connectivity index (χ0) is 25.3. The normalized spacial score (nSPS) is 28.6. The van der Waals surface area contributed by atoms with Crippen molar-refractivity contribution in [1.82, 2.24) is 10.4 Å². The van der Waals surface area contributed by atoms with Gasteiger partial charge in [0.15, 0.2) is 11.6 Å². The minimum Gasteiger partial charge on any atom is -0.444 e. The van der Waals surface area contributed by atoms with E-state index in [2.05, 4.69) is 5.32 Å². The van der Waals surface area contributed by atoms with Gasteiger partial charge in [0.05, 0.1) is 6.04 Å². The Balaban J connectivity index is 1.37. The molecule has 34 heavy (non-hydrogen) atoms. The first kappa shape index (κ1) is 27.1. The Morgan fingerprint density at radius 1 is 1.12 bits per heavy atom. The second-order valence-corrected chi connectivity index (χ2v) is 11.0. The summed E-state index contributed by atoms with van der Waals surface area (Å²) in [4.78, 5) is 31.3. The van der Waals surface area contributed by atoms with Gasteiger partial charge in [-0.2, -0.15) is 0 Å². The molecule has 0 aromatic heterocycles. The number of ether oxygens (including phenoxy) is 5. The number of unbranched alkanes of at least 4 members (excludes halogenated alkanes) is 2. The summed E-state index contributed by atoms with van der Waals surface area (Å²) in [6.45, 7) is 13.4. The fraction of sp³-hybridized carbons (Fsp3) is 0.917. The number of methoxy groups -OCH3 is 1. The predicted molar refractivity (Wildman–Crippen MR) is 123 cm³/mol. The highest BCUT2D eigenvalue weighted by Gasteiger charge is 2.62. The molecule has 1 aliphatic carbocycles. The molecule has 5 atom stereocenters. The van der Waals surface area contributed by atoms with E-state index >= 15 is 0 Å². The quantitative estimate of drug-likeness (QED) is 0.350. The van der Waals surface area contributed by atoms with Crippen LogP contribution >= 0.6 is 0 Å². The third kappa shape index (κ3) is 6.60. The molecule has 3 aliphatic rings. The molecule has 0 aromatic carbocycles. The van der Waals surface area contributed by atoms with Crippen LogP contribution < -0.4 is 5.32 Å². The van der Waals surface area contributed by atoms with E-state index < -0.39 is 29.3 Å². The molecule has 2 bridgehead atoms. The molecule has 1 N–H and O–H groups in total. The zero-order valence-corrected chi connectivity index (χ0v) is 21.8. The van der Waals surface area contributed by atoms with E-state index in [-0.39, 0.29) is 30.3 Å². The average Bonchev–Trinajstić information content (AvgIpc) is 3.38. The summed E-state index contributed by atoms with van der Waals surface area (Å²) in [7, 11) is 1.62. The van der Waals surface area contributed by atoms with E-state index in [1.807, 2.05) is 41.5 Å². The smallest absolute Gasteiger partial charge is 0.408 e. The maximum atomic E-state index is 13.0. The number of hydrogen-bond donors (Lipinski definition) is 1. The lowest BCUT2D eigenvalue weighted by atomic mass is 10.0. The van der Waals surface area contributed by atoms with Crippen LogP contribution in [0, 0.1) is 0 Å². The van der Waals surface area contributed by atoms with Gasteiger partial charge in [0.25, 0.3) is 5.91 Å². The monoisotopic (exact) mass is 486 g/mol. The lowest BCUT2D eigenvalue weighted by Crippen LogP contribution is -2.55. The summed E-state index contributed by atoms with van der Waals surface area (Å²) in [5.74, 6) is -1.60. The second-order valence-electron chi connectivity index (χ2n) is 11.0. The molecule has 2 heterocycles. The summed E-state index contributed by atoms with van der Waals surface area (Å²) in [5.41, 5.74) is -0.656. The molecule has 0 aromatic rings. The van der Waals surface area contributed by atoms with E-state index in [9.17, 15) is 9.59 Å². The van der Waals surface area contributed by atoms with Crippen LogP contribution in [0.3, 0.4) is 0 Å². The molecule has 196 valence electrons. The minimum atomic E-state index is -0.794. The van der Waals surface area contributed by atoms with E-state index in [0.29, 0.717) is 19.4 Å². The molecule has 0 spiro atoms. The Hall–Kier alpha value is -1.46. The van der Waals surface area contributed by atoms with Crippen molar-refractivity contribution >= 4 is 12.0 Å². The molecule has 4 unspecified atom stereocenters. The largest absolute Gasteiger partial charge is 0.444 e. The summed E-state index contributed by atoms with van der Waals surface area (Å²) < 4.78 is 28.4. The van der Waals surface area contributed by atoms with Gasteiger partial charge in [-0.1, -0.05) is 6.42 Å². The van der Waals surface area contributed by atoms with E-state index in [1.165, 1.54) is 5.06 Å². The van der Waals surface area contributed by atoms with Gasteiger partial charge in [0.1, 0.15) is 30.0 Å². The zero-order valence-electron chi connectivity index (χ0n) is 21.8. The van der Waals surface area contributed by atoms with Crippen LogP contribution in [-0.4, -0.2) is 78.4 Å². The highest BCUT2D eigenvalue weighted by Crippen LogP contribution is 2.46. The van der Waals surface area contributed by atoms with Gasteiger partial charge in [-0.05, 0) is 67.7 Å². The predicted octanol–water partition coefficient (Wildman–Crippen LogP) is 3.27. The van der Waals surface area contributed by atoms with Crippen LogP contribution in [0.1, 0.15) is 80.6 Å². The lowest BCUT2D eigenvalue weighted by Gasteiger charge is -2.33. The van der Waals surface area contributed by atoms with Gasteiger partial charge < -0.3 is 29.0 Å². The van der Waals surface area contributed by atoms with Gasteiger partial charge in [0.2, 0.25) is 0 Å². The first-order valence-corrected chi connectivity index (χ1v) is 12.3. The average molecular weight is 487 g/mol. The van der Waals surface area contributed by atoms with Gasteiger partial charge in [-0.15, -0.1) is 0 Å². The minimum absolute atomic E-state index is 0.170. The first-order chi connectivity index (χ1) is 15.7. The number of carbonyl (C=O) groups is 2. The van der Waals surface area contributed by atoms with E-state index in [4.69, 9.17) is 28.5 Å². The van der Waals surface area contributed by atoms with Crippen molar-refractivity contribution in [3.8, 4) is 0 Å². The molecule has 1 saturated carbocycles. The standard InChI is InChI=1S/C24H42N2O8/c1-15(20(27)26-16-14-17(34-26)19-18(16)31-24(6,7)32-19)25-21(28)33-22(2,3)12-10-9-11-13-30-23(4,5)29-8/h15-19H,9-14H2,1-8H3,(H,25,28)/t15-,16?,17?,18?,19?/m1/s1. The number of alkyl carbamates (subject to hydrolysis) is 1. The van der Waals surface area contributed by atoms with Crippen molar-refractivity contribution in [3.63, 3.8) is 0 Å². The maximum absolute atomic E-state index is 13.0. The number of nitrogens with zero attached hydrogens (tertiary/aromatic N) is 1. The number of amides is 2. The van der Waals surface area contributed by atoms with Crippen LogP contribution in [0.4, 0.5) is 4.79 Å². The fourth-order valence-corrected chi connectivity index (χ4v) is 4.65. The molecular formula is C24H42N2O8. The van der Waals surface area contributed by atoms with Crippen molar-refractivity contribution in [2.75, 3.05) is 13.7 Å². The Bertz CT molecular complexity index is 740. The summed E-state index contributed by atoms with van der Waals surface area (Å²) >= 11 is 0. The molecule has 10 nitrogen and oxygen atoms in total. The lowest BCUT2D eigenvalue weighted by molar-refractivity contribution is -0.224. The number of carbonyl (C=O) groups excluding carboxylic acids is 2. The summed E-state index contributed by atoms with van der Waals surface area (Å²) in [5, 5.41) is 3.99. The topological polar surface area (TPSA) is 105 Å². The third-order valence-corrected chi connectivity index (χ3v) is 6.59. The van der Waals surface area contributed by atoms with Gasteiger partial charge in [-0.3, -0.25) is 9.63 Å². The SMILES string of the molecule is COC(C)(C)OCCCCCC(C)(C)OC(=O)N[C@H](C)C(=O)N1OC2CC1C1OC(C)(C)OC21. The number of hydrogen-bond acceptors (Lipinski definition) is 8. The van der Waals surface area contributed by atoms with Crippen molar-refractivity contribution in [1.29, 1.82) is 0 Å². The molecule has 0 radical (unpaired) electrons. The van der Waals surface area contributed by atoms with E-state index in [1.54, 1.807) is 14.0 Å². The summed E-state index contributed by atoms with van der Waals surface area (Å²) in [6, 6.07) is -1.02. The molecule has 2 saturated heterocycles. The number of rotatable bonds is 11. The summed E-state index contributed by atoms with van der Waals surface area (Å²) in [6.07, 6.45) is 2.86. The van der Waals surface area contributed by atoms with Crippen molar-refractivity contribution in [2.45, 2.75) is 128 Å². The van der Waals surface area contributed by atoms with Crippen LogP contribution in [0.25, 0.3) is 0 Å². The number of nitrogens with one attached hydrogen (secondary N) is 1. The molecule has 3 fully saturated rings. The molecular weight excluding hydrogens is 444 g/mol. The van der Waals surface area contributed by atoms with Crippen LogP contribution in [0.15, 0.2) is 0 Å². The Kier molecular flexibility index (Phi) is 8.19. The Morgan fingerprint density at radius 3 is 2.47 bits per heavy atom. The molecule has 2 amide bonds. The third-order valence-electron chi connectivity index (χ3n) is 6.59. The van der Waals surface area contributed by atoms with Gasteiger partial charge in [0, 0.05) is 20.1 Å². The second kappa shape index (κ2) is 10.3. The molecule has 3 rings (SSSR count). The number of fused-ring (bicyclic) bond motifs is 5. The Morgan fingerprint density at radius 2 is 1.79 bits per heavy atom.